The number of alkyl halides is 3. The third kappa shape index (κ3) is 8.31. The maximum absolute atomic E-state index is 12.0. The summed E-state index contributed by atoms with van der Waals surface area (Å²) < 4.78 is 41.1. The second-order valence-electron chi connectivity index (χ2n) is 9.19. The van der Waals surface area contributed by atoms with Gasteiger partial charge in [0.1, 0.15) is 11.5 Å². The number of rotatable bonds is 7. The Morgan fingerprint density at radius 1 is 1.09 bits per heavy atom. The molecular formula is C26H34F3NO4. The van der Waals surface area contributed by atoms with Crippen LogP contribution in [-0.4, -0.2) is 33.8 Å². The van der Waals surface area contributed by atoms with Gasteiger partial charge in [0.05, 0.1) is 12.1 Å². The Balaban J connectivity index is 0.000000270. The number of Topliss-reactive ketones (excluding diaryl/α,β-unsaturated/α-hetero) is 1. The van der Waals surface area contributed by atoms with Crippen molar-refractivity contribution in [2.45, 2.75) is 77.6 Å². The van der Waals surface area contributed by atoms with E-state index in [-0.39, 0.29) is 22.5 Å². The van der Waals surface area contributed by atoms with Crippen LogP contribution in [0.4, 0.5) is 13.2 Å². The van der Waals surface area contributed by atoms with E-state index >= 15 is 0 Å². The molecule has 0 amide bonds. The van der Waals surface area contributed by atoms with Gasteiger partial charge in [-0.2, -0.15) is 13.2 Å². The lowest BCUT2D eigenvalue weighted by Crippen LogP contribution is -2.45. The van der Waals surface area contributed by atoms with Crippen molar-refractivity contribution in [3.63, 3.8) is 0 Å². The minimum Gasteiger partial charge on any atom is -0.484 e. The molecule has 1 aromatic carbocycles. The van der Waals surface area contributed by atoms with E-state index in [1.165, 1.54) is 18.2 Å². The van der Waals surface area contributed by atoms with Crippen molar-refractivity contribution in [3.05, 3.63) is 64.6 Å². The summed E-state index contributed by atoms with van der Waals surface area (Å²) in [4.78, 5) is 23.8. The monoisotopic (exact) mass is 481 g/mol. The molecule has 0 unspecified atom stereocenters. The lowest BCUT2D eigenvalue weighted by molar-refractivity contribution is -0.153. The molecule has 0 atom stereocenters. The van der Waals surface area contributed by atoms with Gasteiger partial charge in [-0.3, -0.25) is 9.59 Å². The summed E-state index contributed by atoms with van der Waals surface area (Å²) in [7, 11) is 0. The first kappa shape index (κ1) is 27.6. The molecule has 188 valence electrons. The van der Waals surface area contributed by atoms with Crippen molar-refractivity contribution in [2.75, 3.05) is 6.61 Å². The Morgan fingerprint density at radius 2 is 1.71 bits per heavy atom. The molecule has 0 bridgehead atoms. The number of carbonyl (C=O) groups is 1. The van der Waals surface area contributed by atoms with Crippen LogP contribution in [0.25, 0.3) is 0 Å². The first-order valence-electron chi connectivity index (χ1n) is 11.5. The largest absolute Gasteiger partial charge is 0.484 e. The van der Waals surface area contributed by atoms with Crippen LogP contribution in [0.2, 0.25) is 0 Å². The standard InChI is InChI=1S/C17H25NO3.C9H9F3O/c1-3-7-16(14(2)19)8-10-17(21,11-9-16)13-18-12-5-4-6-15(18)20;1-7-2-4-8(5-3-7)13-6-9(10,11)12/h4-6,12,21H,3,7-11,13H2,1-2H3;2-5H,6H2,1H3. The maximum atomic E-state index is 12.0. The number of pyridine rings is 1. The molecule has 1 heterocycles. The van der Waals surface area contributed by atoms with E-state index in [0.717, 1.165) is 18.4 Å². The summed E-state index contributed by atoms with van der Waals surface area (Å²) in [5, 5.41) is 10.8. The van der Waals surface area contributed by atoms with Crippen LogP contribution in [0.15, 0.2) is 53.5 Å². The number of hydrogen-bond donors (Lipinski definition) is 1. The molecular weight excluding hydrogens is 447 g/mol. The van der Waals surface area contributed by atoms with Crippen LogP contribution in [-0.2, 0) is 11.3 Å². The van der Waals surface area contributed by atoms with Gasteiger partial charge in [-0.05, 0) is 64.2 Å². The number of benzene rings is 1. The average Bonchev–Trinajstić information content (AvgIpc) is 2.77. The molecule has 5 nitrogen and oxygen atoms in total. The molecule has 2 aromatic rings. The number of hydrogen-bond acceptors (Lipinski definition) is 4. The number of ketones is 1. The van der Waals surface area contributed by atoms with Gasteiger partial charge in [0.15, 0.2) is 6.61 Å². The Bertz CT molecular complexity index is 975. The van der Waals surface area contributed by atoms with Gasteiger partial charge in [-0.1, -0.05) is 37.1 Å². The smallest absolute Gasteiger partial charge is 0.422 e. The van der Waals surface area contributed by atoms with Crippen molar-refractivity contribution in [1.29, 1.82) is 0 Å². The van der Waals surface area contributed by atoms with E-state index in [1.54, 1.807) is 42.0 Å². The van der Waals surface area contributed by atoms with E-state index < -0.39 is 18.4 Å². The highest BCUT2D eigenvalue weighted by molar-refractivity contribution is 5.82. The molecule has 1 saturated carbocycles. The summed E-state index contributed by atoms with van der Waals surface area (Å²) >= 11 is 0. The number of carbonyl (C=O) groups excluding carboxylic acids is 1. The van der Waals surface area contributed by atoms with Crippen LogP contribution in [0.5, 0.6) is 5.75 Å². The number of ether oxygens (including phenoxy) is 1. The number of aryl methyl sites for hydroxylation is 1. The van der Waals surface area contributed by atoms with Crippen LogP contribution in [0.1, 0.15) is 57.9 Å². The fourth-order valence-corrected chi connectivity index (χ4v) is 4.32. The van der Waals surface area contributed by atoms with Gasteiger partial charge in [0.2, 0.25) is 0 Å². The van der Waals surface area contributed by atoms with Crippen molar-refractivity contribution < 1.29 is 27.8 Å². The summed E-state index contributed by atoms with van der Waals surface area (Å²) in [5.41, 5.74) is -0.247. The van der Waals surface area contributed by atoms with E-state index in [9.17, 15) is 27.9 Å². The minimum atomic E-state index is -4.27. The van der Waals surface area contributed by atoms with Gasteiger partial charge >= 0.3 is 6.18 Å². The molecule has 0 spiro atoms. The number of aliphatic hydroxyl groups is 1. The number of halogens is 3. The van der Waals surface area contributed by atoms with E-state index in [4.69, 9.17) is 0 Å². The summed E-state index contributed by atoms with van der Waals surface area (Å²) in [6.07, 6.45) is 1.90. The summed E-state index contributed by atoms with van der Waals surface area (Å²) in [6.45, 7) is 4.69. The zero-order chi connectivity index (χ0) is 25.4. The van der Waals surface area contributed by atoms with Crippen molar-refractivity contribution >= 4 is 5.78 Å². The van der Waals surface area contributed by atoms with E-state index in [0.29, 0.717) is 32.2 Å². The molecule has 34 heavy (non-hydrogen) atoms. The molecule has 0 saturated heterocycles. The van der Waals surface area contributed by atoms with Gasteiger partial charge in [0, 0.05) is 17.7 Å². The zero-order valence-electron chi connectivity index (χ0n) is 20.0. The Hall–Kier alpha value is -2.61. The van der Waals surface area contributed by atoms with Crippen molar-refractivity contribution in [2.24, 2.45) is 5.41 Å². The molecule has 1 aromatic heterocycles. The lowest BCUT2D eigenvalue weighted by atomic mass is 9.64. The lowest BCUT2D eigenvalue weighted by Gasteiger charge is -2.43. The van der Waals surface area contributed by atoms with Crippen LogP contribution >= 0.6 is 0 Å². The highest BCUT2D eigenvalue weighted by Crippen LogP contribution is 2.45. The molecule has 3 rings (SSSR count). The molecule has 1 aliphatic rings. The van der Waals surface area contributed by atoms with E-state index in [2.05, 4.69) is 11.7 Å². The molecule has 1 aliphatic carbocycles. The summed E-state index contributed by atoms with van der Waals surface area (Å²) in [6, 6.07) is 11.4. The highest BCUT2D eigenvalue weighted by Gasteiger charge is 2.44. The van der Waals surface area contributed by atoms with Crippen molar-refractivity contribution in [1.82, 2.24) is 4.57 Å². The molecule has 0 radical (unpaired) electrons. The number of aromatic nitrogens is 1. The normalized spacial score (nSPS) is 22.4. The third-order valence-corrected chi connectivity index (χ3v) is 6.40. The summed E-state index contributed by atoms with van der Waals surface area (Å²) in [5.74, 6) is 0.478. The number of nitrogens with zero attached hydrogens (tertiary/aromatic N) is 1. The van der Waals surface area contributed by atoms with Crippen LogP contribution in [0.3, 0.4) is 0 Å². The van der Waals surface area contributed by atoms with Crippen LogP contribution < -0.4 is 10.3 Å². The third-order valence-electron chi connectivity index (χ3n) is 6.40. The fourth-order valence-electron chi connectivity index (χ4n) is 4.32. The van der Waals surface area contributed by atoms with E-state index in [1.807, 2.05) is 6.92 Å². The second kappa shape index (κ2) is 11.7. The quantitative estimate of drug-likeness (QED) is 0.570. The molecule has 0 aliphatic heterocycles. The average molecular weight is 482 g/mol. The van der Waals surface area contributed by atoms with Crippen LogP contribution in [0, 0.1) is 12.3 Å². The first-order chi connectivity index (χ1) is 15.9. The molecule has 1 fully saturated rings. The second-order valence-corrected chi connectivity index (χ2v) is 9.19. The minimum absolute atomic E-state index is 0.0945. The molecule has 1 N–H and O–H groups in total. The van der Waals surface area contributed by atoms with Gasteiger partial charge in [0.25, 0.3) is 5.56 Å². The SMILES string of the molecule is CCCC1(C(C)=O)CCC(O)(Cn2ccccc2=O)CC1.Cc1ccc(OCC(F)(F)F)cc1. The fraction of sp³-hybridized carbons (Fsp3) is 0.538. The topological polar surface area (TPSA) is 68.5 Å². The van der Waals surface area contributed by atoms with Gasteiger partial charge < -0.3 is 14.4 Å². The van der Waals surface area contributed by atoms with Gasteiger partial charge in [-0.15, -0.1) is 0 Å². The first-order valence-corrected chi connectivity index (χ1v) is 11.5. The van der Waals surface area contributed by atoms with Crippen molar-refractivity contribution in [3.8, 4) is 5.75 Å². The van der Waals surface area contributed by atoms with Gasteiger partial charge in [-0.25, -0.2) is 0 Å². The Morgan fingerprint density at radius 3 is 2.21 bits per heavy atom. The molecule has 8 heteroatoms. The maximum Gasteiger partial charge on any atom is 0.422 e. The predicted molar refractivity (Wildman–Crippen MR) is 125 cm³/mol. The Kier molecular flexibility index (Phi) is 9.50. The predicted octanol–water partition coefficient (Wildman–Crippen LogP) is 5.47. The Labute approximate surface area is 198 Å². The highest BCUT2D eigenvalue weighted by atomic mass is 19.4. The zero-order valence-corrected chi connectivity index (χ0v) is 20.0.